The summed E-state index contributed by atoms with van der Waals surface area (Å²) in [5.74, 6) is 2.17. The van der Waals surface area contributed by atoms with Gasteiger partial charge in [0.1, 0.15) is 5.69 Å². The van der Waals surface area contributed by atoms with Crippen molar-refractivity contribution in [3.8, 4) is 0 Å². The summed E-state index contributed by atoms with van der Waals surface area (Å²) < 4.78 is 2.17. The molecule has 3 rings (SSSR count). The number of alkyl halides is 1. The second kappa shape index (κ2) is 4.60. The van der Waals surface area contributed by atoms with Crippen molar-refractivity contribution in [2.45, 2.75) is 57.4 Å². The normalized spacial score (nSPS) is 22.5. The molecule has 1 aromatic heterocycles. The van der Waals surface area contributed by atoms with E-state index in [2.05, 4.69) is 21.9 Å². The summed E-state index contributed by atoms with van der Waals surface area (Å²) in [6.07, 6.45) is 7.94. The van der Waals surface area contributed by atoms with Crippen LogP contribution in [0.1, 0.15) is 56.5 Å². The second-order valence-corrected chi connectivity index (χ2v) is 5.91. The maximum absolute atomic E-state index is 5.97. The van der Waals surface area contributed by atoms with Crippen LogP contribution in [-0.4, -0.2) is 15.0 Å². The van der Waals surface area contributed by atoms with Gasteiger partial charge in [0.2, 0.25) is 0 Å². The smallest absolute Gasteiger partial charge is 0.101 e. The molecule has 1 atom stereocenters. The fourth-order valence-electron chi connectivity index (χ4n) is 2.71. The lowest BCUT2D eigenvalue weighted by molar-refractivity contribution is 0.204. The zero-order valence-electron chi connectivity index (χ0n) is 10.4. The fourth-order valence-corrected chi connectivity index (χ4v) is 2.91. The minimum atomic E-state index is 0.499. The fraction of sp³-hybridized carbons (Fsp3) is 0.846. The molecule has 2 aliphatic rings. The van der Waals surface area contributed by atoms with E-state index in [4.69, 9.17) is 11.6 Å². The van der Waals surface area contributed by atoms with Crippen molar-refractivity contribution in [2.24, 2.45) is 11.8 Å². The average molecular weight is 254 g/mol. The van der Waals surface area contributed by atoms with Crippen molar-refractivity contribution in [3.05, 3.63) is 11.4 Å². The molecule has 1 heterocycles. The molecule has 0 saturated heterocycles. The molecule has 2 saturated carbocycles. The number of halogens is 1. The summed E-state index contributed by atoms with van der Waals surface area (Å²) in [5, 5.41) is 8.61. The van der Waals surface area contributed by atoms with E-state index in [1.54, 1.807) is 0 Å². The van der Waals surface area contributed by atoms with E-state index in [9.17, 15) is 0 Å². The van der Waals surface area contributed by atoms with Gasteiger partial charge >= 0.3 is 0 Å². The SMILES string of the molecule is CC(C1CCC1)n1nnc(CCl)c1CC1CC1. The molecule has 0 N–H and O–H groups in total. The molecule has 2 fully saturated rings. The van der Waals surface area contributed by atoms with Crippen molar-refractivity contribution in [2.75, 3.05) is 0 Å². The third-order valence-electron chi connectivity index (χ3n) is 4.39. The van der Waals surface area contributed by atoms with Crippen LogP contribution in [-0.2, 0) is 12.3 Å². The molecule has 0 amide bonds. The Balaban J connectivity index is 1.83. The number of nitrogens with zero attached hydrogens (tertiary/aromatic N) is 3. The first-order valence-electron chi connectivity index (χ1n) is 6.78. The van der Waals surface area contributed by atoms with Crippen LogP contribution in [0.4, 0.5) is 0 Å². The van der Waals surface area contributed by atoms with Gasteiger partial charge in [-0.15, -0.1) is 16.7 Å². The molecule has 0 radical (unpaired) electrons. The first kappa shape index (κ1) is 11.5. The summed E-state index contributed by atoms with van der Waals surface area (Å²) in [6.45, 7) is 2.28. The molecule has 0 aliphatic heterocycles. The second-order valence-electron chi connectivity index (χ2n) is 5.64. The number of aromatic nitrogens is 3. The third kappa shape index (κ3) is 2.22. The Bertz CT molecular complexity index is 393. The maximum Gasteiger partial charge on any atom is 0.101 e. The highest BCUT2D eigenvalue weighted by Crippen LogP contribution is 2.38. The third-order valence-corrected chi connectivity index (χ3v) is 4.65. The molecule has 0 spiro atoms. The van der Waals surface area contributed by atoms with Gasteiger partial charge in [-0.3, -0.25) is 0 Å². The Morgan fingerprint density at radius 1 is 1.35 bits per heavy atom. The van der Waals surface area contributed by atoms with Crippen LogP contribution in [0.5, 0.6) is 0 Å². The highest BCUT2D eigenvalue weighted by atomic mass is 35.5. The largest absolute Gasteiger partial charge is 0.246 e. The standard InChI is InChI=1S/C13H20ClN3/c1-9(11-3-2-4-11)17-13(7-10-5-6-10)12(8-14)15-16-17/h9-11H,2-8H2,1H3. The Morgan fingerprint density at radius 2 is 2.12 bits per heavy atom. The van der Waals surface area contributed by atoms with Crippen LogP contribution in [0.15, 0.2) is 0 Å². The van der Waals surface area contributed by atoms with Crippen molar-refractivity contribution in [3.63, 3.8) is 0 Å². The molecule has 3 nitrogen and oxygen atoms in total. The highest BCUT2D eigenvalue weighted by Gasteiger charge is 2.31. The van der Waals surface area contributed by atoms with E-state index in [1.807, 2.05) is 0 Å². The first-order chi connectivity index (χ1) is 8.29. The molecule has 1 unspecified atom stereocenters. The lowest BCUT2D eigenvalue weighted by Gasteiger charge is -2.32. The van der Waals surface area contributed by atoms with Gasteiger partial charge in [0.05, 0.1) is 17.6 Å². The quantitative estimate of drug-likeness (QED) is 0.754. The molecular weight excluding hydrogens is 234 g/mol. The van der Waals surface area contributed by atoms with Gasteiger partial charge in [-0.2, -0.15) is 0 Å². The zero-order chi connectivity index (χ0) is 11.8. The van der Waals surface area contributed by atoms with Gasteiger partial charge in [-0.25, -0.2) is 4.68 Å². The lowest BCUT2D eigenvalue weighted by Crippen LogP contribution is -2.25. The minimum absolute atomic E-state index is 0.499. The number of hydrogen-bond donors (Lipinski definition) is 0. The van der Waals surface area contributed by atoms with Crippen molar-refractivity contribution in [1.82, 2.24) is 15.0 Å². The van der Waals surface area contributed by atoms with Crippen molar-refractivity contribution < 1.29 is 0 Å². The predicted octanol–water partition coefficient (Wildman–Crippen LogP) is 3.33. The molecule has 0 aromatic carbocycles. The maximum atomic E-state index is 5.97. The van der Waals surface area contributed by atoms with Crippen molar-refractivity contribution in [1.29, 1.82) is 0 Å². The Kier molecular flexibility index (Phi) is 3.12. The molecule has 17 heavy (non-hydrogen) atoms. The molecule has 2 aliphatic carbocycles. The Morgan fingerprint density at radius 3 is 2.65 bits per heavy atom. The van der Waals surface area contributed by atoms with E-state index >= 15 is 0 Å². The van der Waals surface area contributed by atoms with Gasteiger partial charge in [0, 0.05) is 0 Å². The van der Waals surface area contributed by atoms with E-state index in [-0.39, 0.29) is 0 Å². The first-order valence-corrected chi connectivity index (χ1v) is 7.32. The average Bonchev–Trinajstić information content (AvgIpc) is 2.94. The number of hydrogen-bond acceptors (Lipinski definition) is 2. The summed E-state index contributed by atoms with van der Waals surface area (Å²) in [7, 11) is 0. The van der Waals surface area contributed by atoms with Crippen molar-refractivity contribution >= 4 is 11.6 Å². The molecule has 1 aromatic rings. The zero-order valence-corrected chi connectivity index (χ0v) is 11.2. The van der Waals surface area contributed by atoms with Crippen LogP contribution in [0.3, 0.4) is 0 Å². The van der Waals surface area contributed by atoms with Crippen LogP contribution < -0.4 is 0 Å². The minimum Gasteiger partial charge on any atom is -0.246 e. The van der Waals surface area contributed by atoms with Crippen LogP contribution in [0.25, 0.3) is 0 Å². The number of rotatable bonds is 5. The Labute approximate surface area is 108 Å². The molecular formula is C13H20ClN3. The van der Waals surface area contributed by atoms with Crippen LogP contribution in [0, 0.1) is 11.8 Å². The summed E-state index contributed by atoms with van der Waals surface area (Å²) in [4.78, 5) is 0. The van der Waals surface area contributed by atoms with Gasteiger partial charge in [-0.1, -0.05) is 11.6 Å². The monoisotopic (exact) mass is 253 g/mol. The van der Waals surface area contributed by atoms with E-state index in [0.717, 1.165) is 24.0 Å². The van der Waals surface area contributed by atoms with Gasteiger partial charge in [-0.05, 0) is 50.9 Å². The van der Waals surface area contributed by atoms with E-state index in [0.29, 0.717) is 11.9 Å². The molecule has 94 valence electrons. The summed E-state index contributed by atoms with van der Waals surface area (Å²) >= 11 is 5.97. The van der Waals surface area contributed by atoms with Crippen LogP contribution in [0.2, 0.25) is 0 Å². The topological polar surface area (TPSA) is 30.7 Å². The highest BCUT2D eigenvalue weighted by molar-refractivity contribution is 6.16. The van der Waals surface area contributed by atoms with Gasteiger partial charge in [0.15, 0.2) is 0 Å². The van der Waals surface area contributed by atoms with Crippen LogP contribution >= 0.6 is 11.6 Å². The molecule has 0 bridgehead atoms. The summed E-state index contributed by atoms with van der Waals surface area (Å²) in [5.41, 5.74) is 2.31. The molecule has 4 heteroatoms. The predicted molar refractivity (Wildman–Crippen MR) is 68.1 cm³/mol. The van der Waals surface area contributed by atoms with Gasteiger partial charge < -0.3 is 0 Å². The Hall–Kier alpha value is -0.570. The van der Waals surface area contributed by atoms with Gasteiger partial charge in [0.25, 0.3) is 0 Å². The summed E-state index contributed by atoms with van der Waals surface area (Å²) in [6, 6.07) is 0.502. The van der Waals surface area contributed by atoms with E-state index < -0.39 is 0 Å². The van der Waals surface area contributed by atoms with E-state index in [1.165, 1.54) is 37.8 Å². The lowest BCUT2D eigenvalue weighted by atomic mass is 9.80.